The van der Waals surface area contributed by atoms with Gasteiger partial charge in [0, 0.05) is 6.54 Å². The minimum absolute atomic E-state index is 0.333. The third-order valence-corrected chi connectivity index (χ3v) is 4.20. The second kappa shape index (κ2) is 4.79. The van der Waals surface area contributed by atoms with Gasteiger partial charge < -0.3 is 4.90 Å². The maximum atomic E-state index is 12.0. The van der Waals surface area contributed by atoms with Gasteiger partial charge in [-0.05, 0) is 40.9 Å². The van der Waals surface area contributed by atoms with Crippen molar-refractivity contribution in [1.82, 2.24) is 0 Å². The van der Waals surface area contributed by atoms with E-state index in [1.54, 1.807) is 29.5 Å². The van der Waals surface area contributed by atoms with Crippen LogP contribution in [0.25, 0.3) is 0 Å². The maximum absolute atomic E-state index is 12.0. The number of amides is 1. The quantitative estimate of drug-likeness (QED) is 0.815. The molecule has 0 fully saturated rings. The Hall–Kier alpha value is -1.65. The summed E-state index contributed by atoms with van der Waals surface area (Å²) in [6, 6.07) is 7.17. The molecule has 1 aliphatic rings. The van der Waals surface area contributed by atoms with E-state index in [0.29, 0.717) is 22.8 Å². The Morgan fingerprint density at radius 1 is 1.21 bits per heavy atom. The van der Waals surface area contributed by atoms with E-state index in [0.717, 1.165) is 6.42 Å². The molecule has 0 radical (unpaired) electrons. The molecule has 0 unspecified atom stereocenters. The lowest BCUT2D eigenvalue weighted by Gasteiger charge is -2.15. The molecule has 0 spiro atoms. The third kappa shape index (κ3) is 2.07. The molecule has 0 atom stereocenters. The number of ketones is 1. The van der Waals surface area contributed by atoms with E-state index in [2.05, 4.69) is 0 Å². The molecule has 0 saturated heterocycles. The SMILES string of the molecule is O=C1C(=O)N(CCc2ccsc2)c2cccc(Cl)c21. The van der Waals surface area contributed by atoms with E-state index in [1.807, 2.05) is 16.8 Å². The van der Waals surface area contributed by atoms with Crippen molar-refractivity contribution in [2.75, 3.05) is 11.4 Å². The lowest BCUT2D eigenvalue weighted by molar-refractivity contribution is -0.114. The van der Waals surface area contributed by atoms with Crippen LogP contribution >= 0.6 is 22.9 Å². The van der Waals surface area contributed by atoms with Crippen LogP contribution in [0, 0.1) is 0 Å². The maximum Gasteiger partial charge on any atom is 0.299 e. The minimum atomic E-state index is -0.508. The van der Waals surface area contributed by atoms with Gasteiger partial charge in [0.15, 0.2) is 0 Å². The predicted molar refractivity (Wildman–Crippen MR) is 76.2 cm³/mol. The molecule has 2 aromatic rings. The Labute approximate surface area is 119 Å². The highest BCUT2D eigenvalue weighted by Gasteiger charge is 2.36. The summed E-state index contributed by atoms with van der Waals surface area (Å²) >= 11 is 7.62. The zero-order valence-corrected chi connectivity index (χ0v) is 11.5. The van der Waals surface area contributed by atoms with Gasteiger partial charge in [-0.15, -0.1) is 0 Å². The molecule has 0 saturated carbocycles. The number of benzene rings is 1. The van der Waals surface area contributed by atoms with Crippen LogP contribution in [0.1, 0.15) is 15.9 Å². The monoisotopic (exact) mass is 291 g/mol. The van der Waals surface area contributed by atoms with Crippen LogP contribution in [-0.4, -0.2) is 18.2 Å². The van der Waals surface area contributed by atoms with E-state index in [4.69, 9.17) is 11.6 Å². The summed E-state index contributed by atoms with van der Waals surface area (Å²) < 4.78 is 0. The molecule has 0 N–H and O–H groups in total. The number of carbonyl (C=O) groups is 2. The first kappa shape index (κ1) is 12.4. The van der Waals surface area contributed by atoms with Crippen molar-refractivity contribution in [3.05, 3.63) is 51.2 Å². The van der Waals surface area contributed by atoms with Gasteiger partial charge in [0.05, 0.1) is 16.3 Å². The van der Waals surface area contributed by atoms with E-state index in [1.165, 1.54) is 10.5 Å². The summed E-state index contributed by atoms with van der Waals surface area (Å²) in [6.07, 6.45) is 0.731. The predicted octanol–water partition coefficient (Wildman–Crippen LogP) is 3.17. The second-order valence-corrected chi connectivity index (χ2v) is 5.49. The largest absolute Gasteiger partial charge is 0.304 e. The number of halogens is 1. The first-order chi connectivity index (χ1) is 9.18. The van der Waals surface area contributed by atoms with E-state index < -0.39 is 11.7 Å². The number of thiophene rings is 1. The van der Waals surface area contributed by atoms with Crippen molar-refractivity contribution >= 4 is 40.3 Å². The van der Waals surface area contributed by atoms with Gasteiger partial charge in [-0.1, -0.05) is 17.7 Å². The molecule has 0 aliphatic carbocycles. The van der Waals surface area contributed by atoms with Crippen LogP contribution in [0.3, 0.4) is 0 Å². The molecular weight excluding hydrogens is 282 g/mol. The number of anilines is 1. The van der Waals surface area contributed by atoms with E-state index in [-0.39, 0.29) is 0 Å². The van der Waals surface area contributed by atoms with Crippen LogP contribution < -0.4 is 4.90 Å². The van der Waals surface area contributed by atoms with Gasteiger partial charge in [0.25, 0.3) is 11.7 Å². The van der Waals surface area contributed by atoms with Crippen molar-refractivity contribution in [3.8, 4) is 0 Å². The zero-order valence-electron chi connectivity index (χ0n) is 9.93. The normalized spacial score (nSPS) is 14.1. The number of rotatable bonds is 3. The Bertz CT molecular complexity index is 651. The Kier molecular flexibility index (Phi) is 3.12. The lowest BCUT2D eigenvalue weighted by atomic mass is 10.1. The Morgan fingerprint density at radius 3 is 2.79 bits per heavy atom. The second-order valence-electron chi connectivity index (χ2n) is 4.30. The average molecular weight is 292 g/mol. The summed E-state index contributed by atoms with van der Waals surface area (Å²) in [5, 5.41) is 4.38. The van der Waals surface area contributed by atoms with Crippen LogP contribution in [0.2, 0.25) is 5.02 Å². The summed E-state index contributed by atoms with van der Waals surface area (Å²) in [5.74, 6) is -0.996. The van der Waals surface area contributed by atoms with Gasteiger partial charge in [-0.25, -0.2) is 0 Å². The lowest BCUT2D eigenvalue weighted by Crippen LogP contribution is -2.31. The number of carbonyl (C=O) groups excluding carboxylic acids is 2. The number of Topliss-reactive ketones (excluding diaryl/α,β-unsaturated/α-hetero) is 1. The summed E-state index contributed by atoms with van der Waals surface area (Å²) in [5.41, 5.74) is 2.12. The molecule has 5 heteroatoms. The topological polar surface area (TPSA) is 37.4 Å². The molecule has 1 aliphatic heterocycles. The van der Waals surface area contributed by atoms with E-state index >= 15 is 0 Å². The molecule has 3 nitrogen and oxygen atoms in total. The number of nitrogens with zero attached hydrogens (tertiary/aromatic N) is 1. The fraction of sp³-hybridized carbons (Fsp3) is 0.143. The zero-order chi connectivity index (χ0) is 13.4. The van der Waals surface area contributed by atoms with Crippen molar-refractivity contribution in [1.29, 1.82) is 0 Å². The van der Waals surface area contributed by atoms with Gasteiger partial charge in [-0.2, -0.15) is 11.3 Å². The van der Waals surface area contributed by atoms with Crippen molar-refractivity contribution in [3.63, 3.8) is 0 Å². The van der Waals surface area contributed by atoms with Gasteiger partial charge in [-0.3, -0.25) is 9.59 Å². The fourth-order valence-electron chi connectivity index (χ4n) is 2.20. The summed E-state index contributed by atoms with van der Waals surface area (Å²) in [6.45, 7) is 0.495. The van der Waals surface area contributed by atoms with Crippen LogP contribution in [-0.2, 0) is 11.2 Å². The average Bonchev–Trinajstić information content (AvgIpc) is 2.98. The first-order valence-electron chi connectivity index (χ1n) is 5.84. The van der Waals surface area contributed by atoms with Crippen molar-refractivity contribution < 1.29 is 9.59 Å². The smallest absolute Gasteiger partial charge is 0.299 e. The molecular formula is C14H10ClNO2S. The summed E-state index contributed by atoms with van der Waals surface area (Å²) in [7, 11) is 0. The summed E-state index contributed by atoms with van der Waals surface area (Å²) in [4.78, 5) is 25.4. The van der Waals surface area contributed by atoms with E-state index in [9.17, 15) is 9.59 Å². The highest BCUT2D eigenvalue weighted by atomic mass is 35.5. The Balaban J connectivity index is 1.89. The van der Waals surface area contributed by atoms with Crippen LogP contribution in [0.15, 0.2) is 35.0 Å². The van der Waals surface area contributed by atoms with Crippen molar-refractivity contribution in [2.24, 2.45) is 0 Å². The fourth-order valence-corrected chi connectivity index (χ4v) is 3.16. The molecule has 1 aromatic carbocycles. The minimum Gasteiger partial charge on any atom is -0.304 e. The molecule has 1 amide bonds. The highest BCUT2D eigenvalue weighted by Crippen LogP contribution is 2.34. The number of hydrogen-bond acceptors (Lipinski definition) is 3. The Morgan fingerprint density at radius 2 is 2.05 bits per heavy atom. The highest BCUT2D eigenvalue weighted by molar-refractivity contribution is 7.07. The molecule has 2 heterocycles. The number of fused-ring (bicyclic) bond motifs is 1. The van der Waals surface area contributed by atoms with Crippen LogP contribution in [0.5, 0.6) is 0 Å². The molecule has 96 valence electrons. The molecule has 0 bridgehead atoms. The molecule has 3 rings (SSSR count). The van der Waals surface area contributed by atoms with Crippen LogP contribution in [0.4, 0.5) is 5.69 Å². The third-order valence-electron chi connectivity index (χ3n) is 3.15. The standard InChI is InChI=1S/C14H10ClNO2S/c15-10-2-1-3-11-12(10)13(17)14(18)16(11)6-4-9-5-7-19-8-9/h1-3,5,7-8H,4,6H2. The van der Waals surface area contributed by atoms with Gasteiger partial charge in [0.1, 0.15) is 0 Å². The number of hydrogen-bond donors (Lipinski definition) is 0. The molecule has 1 aromatic heterocycles. The van der Waals surface area contributed by atoms with Gasteiger partial charge >= 0.3 is 0 Å². The molecule has 19 heavy (non-hydrogen) atoms. The van der Waals surface area contributed by atoms with Crippen molar-refractivity contribution in [2.45, 2.75) is 6.42 Å². The first-order valence-corrected chi connectivity index (χ1v) is 7.16. The van der Waals surface area contributed by atoms with Gasteiger partial charge in [0.2, 0.25) is 0 Å².